The van der Waals surface area contributed by atoms with Crippen molar-refractivity contribution in [1.82, 2.24) is 10.6 Å². The fourth-order valence-electron chi connectivity index (χ4n) is 8.90. The van der Waals surface area contributed by atoms with Gasteiger partial charge < -0.3 is 5.32 Å². The molecule has 0 saturated heterocycles. The van der Waals surface area contributed by atoms with Gasteiger partial charge >= 0.3 is 0 Å². The number of amidine groups is 1. The average Bonchev–Trinajstić information content (AvgIpc) is 3.45. The second-order valence-electron chi connectivity index (χ2n) is 15.2. The summed E-state index contributed by atoms with van der Waals surface area (Å²) in [5.41, 5.74) is 12.9. The maximum Gasteiger partial charge on any atom is 0.129 e. The molecule has 3 heteroatoms. The molecule has 0 saturated carbocycles. The Morgan fingerprint density at radius 3 is 2.06 bits per heavy atom. The Labute approximate surface area is 311 Å². The summed E-state index contributed by atoms with van der Waals surface area (Å²) >= 11 is 0. The van der Waals surface area contributed by atoms with Gasteiger partial charge in [0, 0.05) is 11.3 Å². The zero-order valence-electron chi connectivity index (χ0n) is 30.1. The Kier molecular flexibility index (Phi) is 7.52. The van der Waals surface area contributed by atoms with Crippen molar-refractivity contribution in [3.05, 3.63) is 198 Å². The predicted octanol–water partition coefficient (Wildman–Crippen LogP) is 11.9. The topological polar surface area (TPSA) is 36.4 Å². The highest BCUT2D eigenvalue weighted by atomic mass is 15.3. The van der Waals surface area contributed by atoms with Gasteiger partial charge in [-0.2, -0.15) is 0 Å². The van der Waals surface area contributed by atoms with Gasteiger partial charge in [0.05, 0.1) is 0 Å². The molecule has 3 unspecified atom stereocenters. The molecule has 10 rings (SSSR count). The smallest absolute Gasteiger partial charge is 0.129 e. The fraction of sp³-hybridized carbons (Fsp3) is 0.140. The van der Waals surface area contributed by atoms with E-state index in [0.717, 1.165) is 17.8 Å². The van der Waals surface area contributed by atoms with Crippen LogP contribution >= 0.6 is 0 Å². The number of hydrogen-bond donors (Lipinski definition) is 2. The van der Waals surface area contributed by atoms with E-state index in [1.54, 1.807) is 0 Å². The van der Waals surface area contributed by atoms with E-state index in [1.807, 2.05) is 0 Å². The van der Waals surface area contributed by atoms with E-state index in [2.05, 4.69) is 194 Å². The monoisotopic (exact) mass is 683 g/mol. The average molecular weight is 684 g/mol. The first-order chi connectivity index (χ1) is 26.0. The first kappa shape index (κ1) is 31.7. The minimum atomic E-state index is -0.162. The third kappa shape index (κ3) is 5.43. The van der Waals surface area contributed by atoms with Crippen LogP contribution in [0.15, 0.2) is 180 Å². The molecule has 7 aromatic carbocycles. The Morgan fingerprint density at radius 2 is 1.26 bits per heavy atom. The first-order valence-electron chi connectivity index (χ1n) is 18.8. The van der Waals surface area contributed by atoms with Gasteiger partial charge in [0.2, 0.25) is 0 Å². The van der Waals surface area contributed by atoms with Crippen LogP contribution < -0.4 is 10.6 Å². The van der Waals surface area contributed by atoms with E-state index >= 15 is 0 Å². The molecule has 0 aromatic heterocycles. The molecule has 1 aliphatic heterocycles. The summed E-state index contributed by atoms with van der Waals surface area (Å²) in [6.45, 7) is 4.83. The minimum Gasteiger partial charge on any atom is -0.354 e. The summed E-state index contributed by atoms with van der Waals surface area (Å²) in [4.78, 5) is 5.39. The zero-order valence-corrected chi connectivity index (χ0v) is 30.1. The molecule has 0 bridgehead atoms. The molecule has 0 amide bonds. The van der Waals surface area contributed by atoms with Gasteiger partial charge in [-0.25, -0.2) is 4.99 Å². The summed E-state index contributed by atoms with van der Waals surface area (Å²) in [6.07, 6.45) is 5.46. The van der Waals surface area contributed by atoms with E-state index in [1.165, 1.54) is 71.6 Å². The second kappa shape index (κ2) is 12.6. The number of benzene rings is 7. The molecule has 0 spiro atoms. The highest BCUT2D eigenvalue weighted by Gasteiger charge is 2.42. The molecule has 2 N–H and O–H groups in total. The quantitative estimate of drug-likeness (QED) is 0.189. The maximum absolute atomic E-state index is 5.39. The highest BCUT2D eigenvalue weighted by Crippen LogP contribution is 2.55. The lowest BCUT2D eigenvalue weighted by molar-refractivity contribution is 0.398. The fourth-order valence-corrected chi connectivity index (χ4v) is 8.90. The molecule has 7 aromatic rings. The Morgan fingerprint density at radius 1 is 0.585 bits per heavy atom. The molecule has 1 heterocycles. The van der Waals surface area contributed by atoms with E-state index in [-0.39, 0.29) is 23.7 Å². The van der Waals surface area contributed by atoms with Crippen LogP contribution in [0.4, 0.5) is 0 Å². The SMILES string of the molecule is CC1(C)C2=C(C=CC(C3=NC(c4ccccc4)NC(c4ccc(-c5ccc6ccccc6c5)cc4)N3)C2)c2c1cc1ccccc1c2-c1ccccc1. The van der Waals surface area contributed by atoms with E-state index < -0.39 is 0 Å². The maximum atomic E-state index is 5.39. The number of rotatable bonds is 5. The van der Waals surface area contributed by atoms with Gasteiger partial charge in [0.1, 0.15) is 18.2 Å². The lowest BCUT2D eigenvalue weighted by Gasteiger charge is -2.36. The van der Waals surface area contributed by atoms with Crippen LogP contribution in [0.3, 0.4) is 0 Å². The summed E-state index contributed by atoms with van der Waals surface area (Å²) < 4.78 is 0. The molecular formula is C50H41N3. The van der Waals surface area contributed by atoms with Gasteiger partial charge in [-0.15, -0.1) is 0 Å². The molecule has 3 nitrogen and oxygen atoms in total. The molecular weight excluding hydrogens is 643 g/mol. The van der Waals surface area contributed by atoms with Gasteiger partial charge in [-0.1, -0.05) is 177 Å². The van der Waals surface area contributed by atoms with Crippen molar-refractivity contribution in [3.8, 4) is 22.3 Å². The summed E-state index contributed by atoms with van der Waals surface area (Å²) in [7, 11) is 0. The van der Waals surface area contributed by atoms with Crippen molar-refractivity contribution >= 4 is 33.0 Å². The third-order valence-electron chi connectivity index (χ3n) is 11.7. The van der Waals surface area contributed by atoms with Crippen LogP contribution in [-0.2, 0) is 5.41 Å². The van der Waals surface area contributed by atoms with Crippen LogP contribution in [0.1, 0.15) is 54.9 Å². The van der Waals surface area contributed by atoms with Crippen LogP contribution in [-0.4, -0.2) is 5.84 Å². The largest absolute Gasteiger partial charge is 0.354 e. The Balaban J connectivity index is 1.00. The molecule has 53 heavy (non-hydrogen) atoms. The van der Waals surface area contributed by atoms with Crippen molar-refractivity contribution in [3.63, 3.8) is 0 Å². The molecule has 3 aliphatic rings. The highest BCUT2D eigenvalue weighted by molar-refractivity contribution is 6.07. The van der Waals surface area contributed by atoms with Crippen molar-refractivity contribution in [2.24, 2.45) is 10.9 Å². The normalized spacial score (nSPS) is 20.2. The van der Waals surface area contributed by atoms with Gasteiger partial charge in [-0.3, -0.25) is 5.32 Å². The first-order valence-corrected chi connectivity index (χ1v) is 18.8. The van der Waals surface area contributed by atoms with Crippen LogP contribution in [0.25, 0.3) is 49.4 Å². The van der Waals surface area contributed by atoms with Gasteiger partial charge in [-0.05, 0) is 90.2 Å². The van der Waals surface area contributed by atoms with E-state index in [0.29, 0.717) is 0 Å². The Bertz CT molecular complexity index is 2610. The number of aliphatic imine (C=N–C) groups is 1. The van der Waals surface area contributed by atoms with Crippen LogP contribution in [0.5, 0.6) is 0 Å². The summed E-state index contributed by atoms with van der Waals surface area (Å²) in [5.74, 6) is 1.16. The Hall–Kier alpha value is -6.03. The number of fused-ring (bicyclic) bond motifs is 4. The second-order valence-corrected chi connectivity index (χ2v) is 15.2. The minimum absolute atomic E-state index is 0.0918. The van der Waals surface area contributed by atoms with Crippen LogP contribution in [0.2, 0.25) is 0 Å². The number of allylic oxidation sites excluding steroid dienone is 3. The third-order valence-corrected chi connectivity index (χ3v) is 11.7. The van der Waals surface area contributed by atoms with E-state index in [9.17, 15) is 0 Å². The molecule has 3 atom stereocenters. The molecule has 0 fully saturated rings. The van der Waals surface area contributed by atoms with Crippen LogP contribution in [0, 0.1) is 5.92 Å². The van der Waals surface area contributed by atoms with Crippen molar-refractivity contribution < 1.29 is 0 Å². The summed E-state index contributed by atoms with van der Waals surface area (Å²) in [5, 5.41) is 12.8. The van der Waals surface area contributed by atoms with E-state index in [4.69, 9.17) is 4.99 Å². The number of nitrogens with one attached hydrogen (secondary N) is 2. The van der Waals surface area contributed by atoms with Crippen molar-refractivity contribution in [2.75, 3.05) is 0 Å². The summed E-state index contributed by atoms with van der Waals surface area (Å²) in [6, 6.07) is 57.1. The van der Waals surface area contributed by atoms with Gasteiger partial charge in [0.15, 0.2) is 0 Å². The van der Waals surface area contributed by atoms with Crippen molar-refractivity contribution in [2.45, 2.75) is 38.0 Å². The number of hydrogen-bond acceptors (Lipinski definition) is 3. The standard InChI is InChI=1S/C50H41N3/c1-50(2)43-31-40(27-28-42(43)46-44(50)30-39-19-11-12-20-41(39)45(46)34-14-5-3-6-15-34)49-52-47(35-16-7-4-8-17-35)51-48(53-49)36-24-21-33(22-25-36)38-26-23-32-13-9-10-18-37(32)29-38/h3-30,40,47-48,51H,31H2,1-2H3,(H,52,53). The predicted molar refractivity (Wildman–Crippen MR) is 222 cm³/mol. The lowest BCUT2D eigenvalue weighted by Crippen LogP contribution is -2.47. The molecule has 0 radical (unpaired) electrons. The zero-order chi connectivity index (χ0) is 35.5. The lowest BCUT2D eigenvalue weighted by atomic mass is 9.75. The van der Waals surface area contributed by atoms with Gasteiger partial charge in [0.25, 0.3) is 0 Å². The molecule has 2 aliphatic carbocycles. The molecule has 256 valence electrons. The number of nitrogens with zero attached hydrogens (tertiary/aromatic N) is 1. The van der Waals surface area contributed by atoms with Crippen molar-refractivity contribution in [1.29, 1.82) is 0 Å².